The minimum Gasteiger partial charge on any atom is -0.307 e. The van der Waals surface area contributed by atoms with Crippen LogP contribution in [-0.4, -0.2) is 42.9 Å². The Morgan fingerprint density at radius 1 is 1.62 bits per heavy atom. The molecule has 0 aromatic carbocycles. The van der Waals surface area contributed by atoms with Gasteiger partial charge in [0.05, 0.1) is 6.72 Å². The molecule has 2 fully saturated rings. The second-order valence-corrected chi connectivity index (χ2v) is 5.11. The van der Waals surface area contributed by atoms with Gasteiger partial charge in [0.25, 0.3) is 0 Å². The molecule has 1 aliphatic carbocycles. The Balaban J connectivity index is 1.89. The van der Waals surface area contributed by atoms with E-state index >= 15 is 0 Å². The highest BCUT2D eigenvalue weighted by Crippen LogP contribution is 2.39. The maximum absolute atomic E-state index is 4.08. The summed E-state index contributed by atoms with van der Waals surface area (Å²) < 4.78 is 2.14. The minimum atomic E-state index is 0.742. The van der Waals surface area contributed by atoms with Crippen LogP contribution in [0.2, 0.25) is 0 Å². The first-order chi connectivity index (χ1) is 7.75. The zero-order valence-electron chi connectivity index (χ0n) is 9.95. The summed E-state index contributed by atoms with van der Waals surface area (Å²) in [4.78, 5) is 2.43. The maximum atomic E-state index is 4.08. The van der Waals surface area contributed by atoms with Crippen molar-refractivity contribution in [2.45, 2.75) is 12.8 Å². The lowest BCUT2D eigenvalue weighted by Gasteiger charge is -2.34. The molecule has 86 valence electrons. The molecule has 2 heteroatoms. The van der Waals surface area contributed by atoms with Gasteiger partial charge in [0.2, 0.25) is 0 Å². The van der Waals surface area contributed by atoms with E-state index in [1.807, 2.05) is 0 Å². The Bertz CT molecular complexity index is 378. The number of fused-ring (bicyclic) bond motifs is 1. The van der Waals surface area contributed by atoms with Crippen molar-refractivity contribution in [2.24, 2.45) is 5.92 Å². The van der Waals surface area contributed by atoms with Gasteiger partial charge in [-0.3, -0.25) is 0 Å². The zero-order valence-corrected chi connectivity index (χ0v) is 9.95. The third kappa shape index (κ3) is 1.49. The summed E-state index contributed by atoms with van der Waals surface area (Å²) in [6.45, 7) is 7.62. The monoisotopic (exact) mass is 215 g/mol. The average molecular weight is 215 g/mol. The molecule has 2 nitrogen and oxygen atoms in total. The number of likely N-dealkylation sites (tertiary alicyclic amines) is 1. The smallest absolute Gasteiger partial charge is 0.121 e. The van der Waals surface area contributed by atoms with Gasteiger partial charge in [-0.05, 0) is 33.0 Å². The highest BCUT2D eigenvalue weighted by atomic mass is 15.1. The molecule has 0 aromatic rings. The van der Waals surface area contributed by atoms with Gasteiger partial charge in [0.1, 0.15) is 6.54 Å². The molecular formula is C14H19N2-. The molecule has 1 atom stereocenters. The van der Waals surface area contributed by atoms with Crippen LogP contribution in [0.5, 0.6) is 0 Å². The molecule has 0 radical (unpaired) electrons. The summed E-state index contributed by atoms with van der Waals surface area (Å²) in [5.74, 6) is 0.742. The number of rotatable bonds is 1. The van der Waals surface area contributed by atoms with Gasteiger partial charge >= 0.3 is 0 Å². The molecule has 2 heterocycles. The molecule has 0 aromatic heterocycles. The van der Waals surface area contributed by atoms with Crippen LogP contribution in [0.3, 0.4) is 0 Å². The predicted octanol–water partition coefficient (Wildman–Crippen LogP) is 1.66. The van der Waals surface area contributed by atoms with Crippen LogP contribution in [0.25, 0.3) is 0 Å². The Kier molecular flexibility index (Phi) is 2.32. The molecular weight excluding hydrogens is 196 g/mol. The second kappa shape index (κ2) is 3.70. The van der Waals surface area contributed by atoms with Gasteiger partial charge in [-0.1, -0.05) is 5.92 Å². The van der Waals surface area contributed by atoms with Crippen LogP contribution in [0.1, 0.15) is 12.8 Å². The first-order valence-electron chi connectivity index (χ1n) is 6.14. The third-order valence-electron chi connectivity index (χ3n) is 3.99. The van der Waals surface area contributed by atoms with E-state index in [9.17, 15) is 0 Å². The SMILES string of the molecule is C=[N+]1CCC2=C(C3CCN(C)C3)[CH-]C=C[C-]21. The van der Waals surface area contributed by atoms with Gasteiger partial charge in [0, 0.05) is 6.04 Å². The van der Waals surface area contributed by atoms with Crippen LogP contribution in [0.15, 0.2) is 23.3 Å². The molecule has 2 aliphatic heterocycles. The van der Waals surface area contributed by atoms with Crippen molar-refractivity contribution in [3.05, 3.63) is 35.8 Å². The van der Waals surface area contributed by atoms with E-state index < -0.39 is 0 Å². The number of nitrogens with zero attached hydrogens (tertiary/aromatic N) is 2. The number of hydrogen-bond acceptors (Lipinski definition) is 1. The Labute approximate surface area is 98.0 Å². The van der Waals surface area contributed by atoms with Gasteiger partial charge in [-0.2, -0.15) is 11.6 Å². The summed E-state index contributed by atoms with van der Waals surface area (Å²) in [5, 5.41) is 0. The van der Waals surface area contributed by atoms with Crippen molar-refractivity contribution >= 4 is 6.72 Å². The first kappa shape index (κ1) is 10.0. The number of hydrogen-bond donors (Lipinski definition) is 0. The molecule has 0 bridgehead atoms. The maximum Gasteiger partial charge on any atom is 0.121 e. The van der Waals surface area contributed by atoms with E-state index in [0.29, 0.717) is 0 Å². The third-order valence-corrected chi connectivity index (χ3v) is 3.99. The Morgan fingerprint density at radius 3 is 3.25 bits per heavy atom. The standard InChI is InChI=1S/C14H19N2/c1-15-8-6-11(10-15)12-4-3-5-14-13(12)7-9-16(14)2/h3-5,11H,2,6-10H2,1H3/q-1. The molecule has 0 N–H and O–H groups in total. The molecule has 1 unspecified atom stereocenters. The molecule has 16 heavy (non-hydrogen) atoms. The topological polar surface area (TPSA) is 6.25 Å². The molecule has 2 saturated heterocycles. The lowest BCUT2D eigenvalue weighted by atomic mass is 9.84. The van der Waals surface area contributed by atoms with E-state index in [1.165, 1.54) is 32.0 Å². The lowest BCUT2D eigenvalue weighted by Crippen LogP contribution is -2.18. The van der Waals surface area contributed by atoms with E-state index in [-0.39, 0.29) is 0 Å². The van der Waals surface area contributed by atoms with Crippen LogP contribution < -0.4 is 0 Å². The second-order valence-electron chi connectivity index (χ2n) is 5.11. The van der Waals surface area contributed by atoms with Gasteiger partial charge in [0.15, 0.2) is 0 Å². The molecule has 3 rings (SSSR count). The van der Waals surface area contributed by atoms with E-state index in [4.69, 9.17) is 0 Å². The van der Waals surface area contributed by atoms with Crippen LogP contribution >= 0.6 is 0 Å². The quantitative estimate of drug-likeness (QED) is 0.476. The molecule has 0 amide bonds. The molecule has 0 saturated carbocycles. The van der Waals surface area contributed by atoms with Crippen LogP contribution in [0.4, 0.5) is 0 Å². The fraction of sp³-hybridized carbons (Fsp3) is 0.500. The van der Waals surface area contributed by atoms with Crippen molar-refractivity contribution < 1.29 is 4.58 Å². The largest absolute Gasteiger partial charge is 0.307 e. The van der Waals surface area contributed by atoms with Crippen LogP contribution in [-0.2, 0) is 0 Å². The summed E-state index contributed by atoms with van der Waals surface area (Å²) in [6.07, 6.45) is 9.20. The van der Waals surface area contributed by atoms with E-state index in [1.54, 1.807) is 11.1 Å². The lowest BCUT2D eigenvalue weighted by molar-refractivity contribution is -0.475. The average Bonchev–Trinajstić information content (AvgIpc) is 2.86. The van der Waals surface area contributed by atoms with Gasteiger partial charge in [-0.15, -0.1) is 0 Å². The van der Waals surface area contributed by atoms with Gasteiger partial charge in [-0.25, -0.2) is 18.1 Å². The normalized spacial score (nSPS) is 29.9. The van der Waals surface area contributed by atoms with Crippen molar-refractivity contribution in [1.29, 1.82) is 0 Å². The Morgan fingerprint density at radius 2 is 2.50 bits per heavy atom. The summed E-state index contributed by atoms with van der Waals surface area (Å²) in [6, 6.07) is 1.35. The van der Waals surface area contributed by atoms with E-state index in [2.05, 4.69) is 41.8 Å². The van der Waals surface area contributed by atoms with Gasteiger partial charge < -0.3 is 9.48 Å². The molecule has 0 spiro atoms. The summed E-state index contributed by atoms with van der Waals surface area (Å²) in [7, 11) is 2.22. The van der Waals surface area contributed by atoms with Crippen LogP contribution in [0, 0.1) is 18.4 Å². The van der Waals surface area contributed by atoms with Crippen molar-refractivity contribution in [1.82, 2.24) is 4.90 Å². The fourth-order valence-corrected chi connectivity index (χ4v) is 3.10. The number of allylic oxidation sites excluding steroid dienone is 1. The highest BCUT2D eigenvalue weighted by molar-refractivity contribution is 5.47. The zero-order chi connectivity index (χ0) is 11.1. The van der Waals surface area contributed by atoms with Crippen molar-refractivity contribution in [3.63, 3.8) is 0 Å². The molecule has 3 aliphatic rings. The predicted molar refractivity (Wildman–Crippen MR) is 66.2 cm³/mol. The first-order valence-corrected chi connectivity index (χ1v) is 6.14. The van der Waals surface area contributed by atoms with Crippen molar-refractivity contribution in [2.75, 3.05) is 26.7 Å². The van der Waals surface area contributed by atoms with E-state index in [0.717, 1.165) is 12.5 Å². The van der Waals surface area contributed by atoms with Crippen molar-refractivity contribution in [3.8, 4) is 0 Å². The summed E-state index contributed by atoms with van der Waals surface area (Å²) in [5.41, 5.74) is 3.13. The summed E-state index contributed by atoms with van der Waals surface area (Å²) >= 11 is 0. The highest BCUT2D eigenvalue weighted by Gasteiger charge is 2.25. The minimum absolute atomic E-state index is 0.742. The fourth-order valence-electron chi connectivity index (χ4n) is 3.10. The Hall–Kier alpha value is -1.15.